The molecule has 3 fully saturated rings. The van der Waals surface area contributed by atoms with Gasteiger partial charge in [-0.3, -0.25) is 0 Å². The Morgan fingerprint density at radius 3 is 2.65 bits per heavy atom. The van der Waals surface area contributed by atoms with E-state index in [0.29, 0.717) is 0 Å². The van der Waals surface area contributed by atoms with Gasteiger partial charge in [0.05, 0.1) is 11.4 Å². The third-order valence-corrected chi connectivity index (χ3v) is 6.89. The van der Waals surface area contributed by atoms with Crippen molar-refractivity contribution in [3.05, 3.63) is 48.0 Å². The molecule has 3 saturated heterocycles. The summed E-state index contributed by atoms with van der Waals surface area (Å²) in [7, 11) is 0. The van der Waals surface area contributed by atoms with E-state index >= 15 is 0 Å². The number of hydrogen-bond acceptors (Lipinski definition) is 3. The number of hydrogen-bond donors (Lipinski definition) is 1. The highest BCUT2D eigenvalue weighted by molar-refractivity contribution is 7.99. The molecule has 0 unspecified atom stereocenters. The first kappa shape index (κ1) is 13.9. The predicted molar refractivity (Wildman–Crippen MR) is 96.6 cm³/mol. The molecule has 4 heterocycles. The summed E-state index contributed by atoms with van der Waals surface area (Å²) in [6, 6.07) is 15.5. The number of benzene rings is 2. The van der Waals surface area contributed by atoms with Crippen LogP contribution in [0, 0.1) is 11.8 Å². The van der Waals surface area contributed by atoms with Crippen molar-refractivity contribution in [1.29, 1.82) is 0 Å². The van der Waals surface area contributed by atoms with Gasteiger partial charge in [-0.2, -0.15) is 0 Å². The number of nitrogens with one attached hydrogen (secondary N) is 1. The standard InChI is InChI=1S/C20H22N2S/c1-2-6-18-17(5-1)21-20-15(4-3-7-19(20)23-18)12-16-13-22-10-8-14(16)9-11-22/h1-7,14,16,21H,8-13H2/t16-/m1/s1. The topological polar surface area (TPSA) is 15.3 Å². The monoisotopic (exact) mass is 322 g/mol. The van der Waals surface area contributed by atoms with E-state index in [1.165, 1.54) is 65.6 Å². The fourth-order valence-corrected chi connectivity index (χ4v) is 5.53. The highest BCUT2D eigenvalue weighted by Crippen LogP contribution is 2.46. The molecule has 0 saturated carbocycles. The molecule has 118 valence electrons. The van der Waals surface area contributed by atoms with Crippen LogP contribution in [0.4, 0.5) is 11.4 Å². The molecule has 4 aliphatic rings. The zero-order valence-corrected chi connectivity index (χ0v) is 14.1. The molecule has 23 heavy (non-hydrogen) atoms. The number of rotatable bonds is 2. The van der Waals surface area contributed by atoms with Gasteiger partial charge in [-0.1, -0.05) is 36.0 Å². The Morgan fingerprint density at radius 1 is 1.00 bits per heavy atom. The van der Waals surface area contributed by atoms with Crippen LogP contribution in [-0.4, -0.2) is 24.5 Å². The number of fused-ring (bicyclic) bond motifs is 5. The summed E-state index contributed by atoms with van der Waals surface area (Å²) in [6.07, 6.45) is 4.04. The average Bonchev–Trinajstić information content (AvgIpc) is 2.61. The van der Waals surface area contributed by atoms with Crippen LogP contribution in [0.5, 0.6) is 0 Å². The van der Waals surface area contributed by atoms with Crippen molar-refractivity contribution in [2.75, 3.05) is 25.0 Å². The molecule has 0 amide bonds. The molecule has 0 spiro atoms. The van der Waals surface area contributed by atoms with Crippen LogP contribution in [0.15, 0.2) is 52.3 Å². The largest absolute Gasteiger partial charge is 0.353 e. The van der Waals surface area contributed by atoms with E-state index in [1.54, 1.807) is 0 Å². The molecule has 3 heteroatoms. The maximum atomic E-state index is 3.71. The van der Waals surface area contributed by atoms with Crippen molar-refractivity contribution in [1.82, 2.24) is 4.90 Å². The van der Waals surface area contributed by atoms with Crippen molar-refractivity contribution in [3.8, 4) is 0 Å². The van der Waals surface area contributed by atoms with Gasteiger partial charge in [-0.05, 0) is 68.0 Å². The second kappa shape index (κ2) is 5.57. The summed E-state index contributed by atoms with van der Waals surface area (Å²) in [5.41, 5.74) is 4.11. The van der Waals surface area contributed by atoms with E-state index < -0.39 is 0 Å². The van der Waals surface area contributed by atoms with E-state index in [2.05, 4.69) is 52.7 Å². The van der Waals surface area contributed by atoms with Crippen molar-refractivity contribution in [2.45, 2.75) is 29.1 Å². The maximum absolute atomic E-state index is 3.71. The summed E-state index contributed by atoms with van der Waals surface area (Å²) in [6.45, 7) is 3.96. The van der Waals surface area contributed by atoms with Crippen LogP contribution in [-0.2, 0) is 6.42 Å². The molecular weight excluding hydrogens is 300 g/mol. The third-order valence-electron chi connectivity index (χ3n) is 5.75. The summed E-state index contributed by atoms with van der Waals surface area (Å²) >= 11 is 1.90. The van der Waals surface area contributed by atoms with Gasteiger partial charge in [0, 0.05) is 16.3 Å². The van der Waals surface area contributed by atoms with Crippen LogP contribution in [0.3, 0.4) is 0 Å². The van der Waals surface area contributed by atoms with Gasteiger partial charge in [0.15, 0.2) is 0 Å². The molecule has 1 N–H and O–H groups in total. The molecule has 2 aromatic carbocycles. The molecule has 1 atom stereocenters. The first-order valence-corrected chi connectivity index (χ1v) is 9.56. The minimum atomic E-state index is 0.841. The van der Waals surface area contributed by atoms with E-state index in [1.807, 2.05) is 11.8 Å². The van der Waals surface area contributed by atoms with Gasteiger partial charge >= 0.3 is 0 Å². The summed E-state index contributed by atoms with van der Waals surface area (Å²) in [5.74, 6) is 1.78. The van der Waals surface area contributed by atoms with Gasteiger partial charge < -0.3 is 10.2 Å². The van der Waals surface area contributed by atoms with Crippen LogP contribution in [0.2, 0.25) is 0 Å². The fourth-order valence-electron chi connectivity index (χ4n) is 4.49. The molecule has 2 nitrogen and oxygen atoms in total. The Balaban J connectivity index is 1.45. The molecule has 4 aliphatic heterocycles. The van der Waals surface area contributed by atoms with Gasteiger partial charge in [0.25, 0.3) is 0 Å². The lowest BCUT2D eigenvalue weighted by molar-refractivity contribution is 0.0513. The highest BCUT2D eigenvalue weighted by Gasteiger charge is 2.34. The van der Waals surface area contributed by atoms with Crippen LogP contribution >= 0.6 is 11.8 Å². The number of anilines is 2. The maximum Gasteiger partial charge on any atom is 0.0559 e. The van der Waals surface area contributed by atoms with E-state index in [4.69, 9.17) is 0 Å². The molecule has 2 bridgehead atoms. The molecule has 6 rings (SSSR count). The first-order valence-electron chi connectivity index (χ1n) is 8.75. The second-order valence-electron chi connectivity index (χ2n) is 7.12. The molecule has 0 aromatic heterocycles. The Bertz CT molecular complexity index is 734. The minimum Gasteiger partial charge on any atom is -0.353 e. The molecular formula is C20H22N2S. The normalized spacial score (nSPS) is 27.9. The van der Waals surface area contributed by atoms with Crippen molar-refractivity contribution in [3.63, 3.8) is 0 Å². The van der Waals surface area contributed by atoms with Gasteiger partial charge in [-0.15, -0.1) is 0 Å². The molecule has 0 aliphatic carbocycles. The second-order valence-corrected chi connectivity index (χ2v) is 8.20. The van der Waals surface area contributed by atoms with Crippen LogP contribution in [0.1, 0.15) is 18.4 Å². The number of piperidine rings is 3. The van der Waals surface area contributed by atoms with Crippen LogP contribution < -0.4 is 5.32 Å². The van der Waals surface area contributed by atoms with Crippen molar-refractivity contribution < 1.29 is 0 Å². The Hall–Kier alpha value is -1.45. The summed E-state index contributed by atoms with van der Waals surface area (Å²) in [4.78, 5) is 5.37. The quantitative estimate of drug-likeness (QED) is 0.731. The minimum absolute atomic E-state index is 0.841. The number of nitrogens with zero attached hydrogens (tertiary/aromatic N) is 1. The predicted octanol–water partition coefficient (Wildman–Crippen LogP) is 4.78. The smallest absolute Gasteiger partial charge is 0.0559 e. The first-order chi connectivity index (χ1) is 11.4. The lowest BCUT2D eigenvalue weighted by atomic mass is 9.76. The van der Waals surface area contributed by atoms with Gasteiger partial charge in [0.1, 0.15) is 0 Å². The third kappa shape index (κ3) is 2.47. The average molecular weight is 322 g/mol. The highest BCUT2D eigenvalue weighted by atomic mass is 32.2. The van der Waals surface area contributed by atoms with E-state index in [0.717, 1.165) is 11.8 Å². The van der Waals surface area contributed by atoms with E-state index in [9.17, 15) is 0 Å². The lowest BCUT2D eigenvalue weighted by Gasteiger charge is -2.45. The SMILES string of the molecule is c1ccc2c(c1)Nc1c(C[C@@H]3CN4CCC3CC4)cccc1S2. The zero-order chi connectivity index (χ0) is 15.2. The summed E-state index contributed by atoms with van der Waals surface area (Å²) in [5, 5.41) is 3.71. The lowest BCUT2D eigenvalue weighted by Crippen LogP contribution is -2.48. The van der Waals surface area contributed by atoms with E-state index in [-0.39, 0.29) is 0 Å². The molecule has 2 aromatic rings. The van der Waals surface area contributed by atoms with Crippen molar-refractivity contribution in [2.24, 2.45) is 11.8 Å². The zero-order valence-electron chi connectivity index (χ0n) is 13.3. The Labute approximate surface area is 142 Å². The molecule has 0 radical (unpaired) electrons. The van der Waals surface area contributed by atoms with Gasteiger partial charge in [-0.25, -0.2) is 0 Å². The van der Waals surface area contributed by atoms with Crippen LogP contribution in [0.25, 0.3) is 0 Å². The van der Waals surface area contributed by atoms with Crippen molar-refractivity contribution >= 4 is 23.1 Å². The Morgan fingerprint density at radius 2 is 1.83 bits per heavy atom. The van der Waals surface area contributed by atoms with Gasteiger partial charge in [0.2, 0.25) is 0 Å². The fraction of sp³-hybridized carbons (Fsp3) is 0.400. The summed E-state index contributed by atoms with van der Waals surface area (Å²) < 4.78 is 0. The Kier molecular flexibility index (Phi) is 3.38. The number of para-hydroxylation sites is 2.